The molecule has 0 aliphatic rings. The Balaban J connectivity index is 2.15. The van der Waals surface area contributed by atoms with Crippen LogP contribution in [0.25, 0.3) is 0 Å². The molecule has 2 aromatic carbocycles. The zero-order valence-electron chi connectivity index (χ0n) is 10.4. The Morgan fingerprint density at radius 3 is 2.50 bits per heavy atom. The number of nitriles is 1. The van der Waals surface area contributed by atoms with Crippen LogP contribution >= 0.6 is 0 Å². The molecule has 0 heterocycles. The maximum atomic E-state index is 12.2. The van der Waals surface area contributed by atoms with Crippen LogP contribution in [0.5, 0.6) is 0 Å². The number of hydrogen-bond donors (Lipinski definition) is 0. The summed E-state index contributed by atoms with van der Waals surface area (Å²) in [6, 6.07) is 14.6. The minimum Gasteiger partial charge on any atom is -0.258 e. The number of nitrogens with zero attached hydrogens (tertiary/aromatic N) is 2. The molecule has 0 saturated carbocycles. The van der Waals surface area contributed by atoms with E-state index in [1.54, 1.807) is 24.3 Å². The lowest BCUT2D eigenvalue weighted by atomic mass is 10.2. The van der Waals surface area contributed by atoms with Crippen molar-refractivity contribution >= 4 is 16.5 Å². The van der Waals surface area contributed by atoms with Gasteiger partial charge < -0.3 is 0 Å². The van der Waals surface area contributed by atoms with Crippen molar-refractivity contribution in [3.05, 3.63) is 69.8 Å². The maximum absolute atomic E-state index is 12.2. The van der Waals surface area contributed by atoms with E-state index >= 15 is 0 Å². The molecule has 0 N–H and O–H groups in total. The molecule has 0 spiro atoms. The summed E-state index contributed by atoms with van der Waals surface area (Å²) in [5.74, 6) is 0.271. The number of rotatable bonds is 4. The molecule has 0 aliphatic heterocycles. The zero-order valence-corrected chi connectivity index (χ0v) is 11.2. The Kier molecular flexibility index (Phi) is 4.23. The highest BCUT2D eigenvalue weighted by atomic mass is 32.2. The molecule has 1 unspecified atom stereocenters. The van der Waals surface area contributed by atoms with Crippen LogP contribution in [0.2, 0.25) is 0 Å². The van der Waals surface area contributed by atoms with Crippen LogP contribution in [0.15, 0.2) is 53.4 Å². The molecule has 1 atom stereocenters. The lowest BCUT2D eigenvalue weighted by molar-refractivity contribution is -0.384. The normalized spacial score (nSPS) is 11.6. The van der Waals surface area contributed by atoms with Crippen molar-refractivity contribution < 1.29 is 9.13 Å². The molecule has 2 rings (SSSR count). The lowest BCUT2D eigenvalue weighted by Gasteiger charge is -2.03. The van der Waals surface area contributed by atoms with Crippen molar-refractivity contribution in [2.45, 2.75) is 10.6 Å². The Labute approximate surface area is 118 Å². The number of benzene rings is 2. The van der Waals surface area contributed by atoms with Gasteiger partial charge in [0.15, 0.2) is 0 Å². The Morgan fingerprint density at radius 1 is 1.20 bits per heavy atom. The Hall–Kier alpha value is -2.52. The van der Waals surface area contributed by atoms with Gasteiger partial charge in [-0.15, -0.1) is 0 Å². The highest BCUT2D eigenvalue weighted by Crippen LogP contribution is 2.17. The van der Waals surface area contributed by atoms with E-state index in [2.05, 4.69) is 0 Å². The van der Waals surface area contributed by atoms with E-state index in [0.29, 0.717) is 10.5 Å². The summed E-state index contributed by atoms with van der Waals surface area (Å²) in [4.78, 5) is 10.6. The summed E-state index contributed by atoms with van der Waals surface area (Å²) in [6.07, 6.45) is 0. The summed E-state index contributed by atoms with van der Waals surface area (Å²) in [6.45, 7) is 0. The molecular formula is C14H10N2O3S. The van der Waals surface area contributed by atoms with E-state index < -0.39 is 15.7 Å². The molecule has 0 aliphatic carbocycles. The second-order valence-corrected chi connectivity index (χ2v) is 5.50. The number of hydrogen-bond acceptors (Lipinski definition) is 4. The van der Waals surface area contributed by atoms with E-state index in [9.17, 15) is 14.3 Å². The van der Waals surface area contributed by atoms with E-state index in [1.165, 1.54) is 24.3 Å². The number of nitro benzene ring substituents is 1. The van der Waals surface area contributed by atoms with Gasteiger partial charge in [0.25, 0.3) is 5.69 Å². The van der Waals surface area contributed by atoms with Gasteiger partial charge in [-0.25, -0.2) is 0 Å². The van der Waals surface area contributed by atoms with E-state index in [-0.39, 0.29) is 11.4 Å². The molecule has 0 saturated heterocycles. The summed E-state index contributed by atoms with van der Waals surface area (Å²) in [5, 5.41) is 19.3. The van der Waals surface area contributed by atoms with Crippen molar-refractivity contribution in [3.8, 4) is 6.07 Å². The predicted molar refractivity (Wildman–Crippen MR) is 74.4 cm³/mol. The fraction of sp³-hybridized carbons (Fsp3) is 0.0714. The highest BCUT2D eigenvalue weighted by molar-refractivity contribution is 7.84. The van der Waals surface area contributed by atoms with Crippen LogP contribution in [0.3, 0.4) is 0 Å². The van der Waals surface area contributed by atoms with Gasteiger partial charge >= 0.3 is 0 Å². The molecule has 100 valence electrons. The summed E-state index contributed by atoms with van der Waals surface area (Å²) in [7, 11) is -1.30. The van der Waals surface area contributed by atoms with E-state index in [0.717, 1.165) is 5.56 Å². The third-order valence-electron chi connectivity index (χ3n) is 2.66. The van der Waals surface area contributed by atoms with Gasteiger partial charge in [-0.3, -0.25) is 14.3 Å². The third kappa shape index (κ3) is 3.28. The average molecular weight is 286 g/mol. The van der Waals surface area contributed by atoms with Crippen LogP contribution in [0.1, 0.15) is 11.1 Å². The van der Waals surface area contributed by atoms with Crippen molar-refractivity contribution in [2.75, 3.05) is 0 Å². The predicted octanol–water partition coefficient (Wildman–Crippen LogP) is 2.77. The van der Waals surface area contributed by atoms with Crippen molar-refractivity contribution in [3.63, 3.8) is 0 Å². The van der Waals surface area contributed by atoms with E-state index in [1.807, 2.05) is 6.07 Å². The molecule has 0 aromatic heterocycles. The lowest BCUT2D eigenvalue weighted by Crippen LogP contribution is -1.97. The smallest absolute Gasteiger partial charge is 0.258 e. The van der Waals surface area contributed by atoms with Gasteiger partial charge in [-0.2, -0.15) is 5.26 Å². The second kappa shape index (κ2) is 6.08. The van der Waals surface area contributed by atoms with Crippen LogP contribution < -0.4 is 0 Å². The minimum atomic E-state index is -1.30. The first-order valence-corrected chi connectivity index (χ1v) is 7.04. The molecule has 0 amide bonds. The first-order valence-electron chi connectivity index (χ1n) is 5.72. The molecule has 0 bridgehead atoms. The second-order valence-electron chi connectivity index (χ2n) is 4.05. The standard InChI is InChI=1S/C14H10N2O3S/c15-9-11-2-1-3-12(8-11)10-20(19)14-6-4-13(5-7-14)16(17)18/h1-8H,10H2. The Morgan fingerprint density at radius 2 is 1.90 bits per heavy atom. The molecule has 0 fully saturated rings. The minimum absolute atomic E-state index is 0.0303. The molecule has 2 aromatic rings. The van der Waals surface area contributed by atoms with E-state index in [4.69, 9.17) is 5.26 Å². The van der Waals surface area contributed by atoms with Gasteiger partial charge in [0.05, 0.1) is 33.1 Å². The third-order valence-corrected chi connectivity index (χ3v) is 4.06. The van der Waals surface area contributed by atoms with Gasteiger partial charge in [0.2, 0.25) is 0 Å². The van der Waals surface area contributed by atoms with Crippen LogP contribution in [-0.2, 0) is 16.6 Å². The quantitative estimate of drug-likeness (QED) is 0.639. The zero-order chi connectivity index (χ0) is 14.5. The number of non-ortho nitro benzene ring substituents is 1. The summed E-state index contributed by atoms with van der Waals surface area (Å²) >= 11 is 0. The highest BCUT2D eigenvalue weighted by Gasteiger charge is 2.09. The SMILES string of the molecule is N#Cc1cccc(CS(=O)c2ccc([N+](=O)[O-])cc2)c1. The summed E-state index contributed by atoms with van der Waals surface area (Å²) in [5.41, 5.74) is 1.28. The summed E-state index contributed by atoms with van der Waals surface area (Å²) < 4.78 is 12.2. The van der Waals surface area contributed by atoms with Crippen molar-refractivity contribution in [1.82, 2.24) is 0 Å². The maximum Gasteiger partial charge on any atom is 0.269 e. The van der Waals surface area contributed by atoms with Gasteiger partial charge in [-0.1, -0.05) is 12.1 Å². The van der Waals surface area contributed by atoms with Crippen molar-refractivity contribution in [1.29, 1.82) is 5.26 Å². The first kappa shape index (κ1) is 13.9. The topological polar surface area (TPSA) is 84.0 Å². The first-order chi connectivity index (χ1) is 9.60. The molecule has 6 heteroatoms. The fourth-order valence-electron chi connectivity index (χ4n) is 1.69. The Bertz CT molecular complexity index is 705. The fourth-order valence-corrected chi connectivity index (χ4v) is 2.77. The van der Waals surface area contributed by atoms with Gasteiger partial charge in [0.1, 0.15) is 0 Å². The largest absolute Gasteiger partial charge is 0.269 e. The van der Waals surface area contributed by atoms with Gasteiger partial charge in [-0.05, 0) is 29.8 Å². The van der Waals surface area contributed by atoms with Crippen molar-refractivity contribution in [2.24, 2.45) is 0 Å². The molecule has 20 heavy (non-hydrogen) atoms. The average Bonchev–Trinajstić information content (AvgIpc) is 2.47. The molecule has 0 radical (unpaired) electrons. The van der Waals surface area contributed by atoms with Gasteiger partial charge in [0, 0.05) is 17.0 Å². The van der Waals surface area contributed by atoms with Crippen LogP contribution in [0, 0.1) is 21.4 Å². The van der Waals surface area contributed by atoms with Crippen LogP contribution in [-0.4, -0.2) is 9.13 Å². The number of nitro groups is 1. The van der Waals surface area contributed by atoms with Crippen LogP contribution in [0.4, 0.5) is 5.69 Å². The monoisotopic (exact) mass is 286 g/mol. The molecule has 5 nitrogen and oxygen atoms in total. The molecular weight excluding hydrogens is 276 g/mol.